The van der Waals surface area contributed by atoms with Gasteiger partial charge in [0, 0.05) is 18.2 Å². The summed E-state index contributed by atoms with van der Waals surface area (Å²) in [5, 5.41) is 21.0. The van der Waals surface area contributed by atoms with Gasteiger partial charge in [-0.1, -0.05) is 16.8 Å². The van der Waals surface area contributed by atoms with E-state index in [2.05, 4.69) is 20.3 Å². The van der Waals surface area contributed by atoms with Crippen LogP contribution in [0.5, 0.6) is 5.75 Å². The van der Waals surface area contributed by atoms with Crippen molar-refractivity contribution in [3.63, 3.8) is 0 Å². The van der Waals surface area contributed by atoms with Crippen LogP contribution in [0.3, 0.4) is 0 Å². The van der Waals surface area contributed by atoms with Gasteiger partial charge in [0.15, 0.2) is 22.7 Å². The molecular weight excluding hydrogens is 448 g/mol. The molecule has 0 saturated heterocycles. The van der Waals surface area contributed by atoms with E-state index in [1.54, 1.807) is 33.0 Å². The first-order chi connectivity index (χ1) is 15.7. The summed E-state index contributed by atoms with van der Waals surface area (Å²) in [4.78, 5) is 18.7. The third-order valence-electron chi connectivity index (χ3n) is 5.14. The molecule has 0 fully saturated rings. The summed E-state index contributed by atoms with van der Waals surface area (Å²) in [6.45, 7) is 5.37. The van der Waals surface area contributed by atoms with Gasteiger partial charge in [-0.3, -0.25) is 4.79 Å². The highest BCUT2D eigenvalue weighted by Gasteiger charge is 2.22. The fourth-order valence-electron chi connectivity index (χ4n) is 3.57. The topological polar surface area (TPSA) is 142 Å². The van der Waals surface area contributed by atoms with Crippen LogP contribution < -0.4 is 15.9 Å². The second-order valence-corrected chi connectivity index (χ2v) is 7.95. The molecule has 0 spiro atoms. The average Bonchev–Trinajstić information content (AvgIpc) is 3.22. The summed E-state index contributed by atoms with van der Waals surface area (Å²) < 4.78 is 12.3. The van der Waals surface area contributed by atoms with Crippen molar-refractivity contribution < 1.29 is 14.4 Å². The molecule has 0 unspecified atom stereocenters. The van der Waals surface area contributed by atoms with Crippen molar-refractivity contribution in [2.24, 2.45) is 17.9 Å². The quantitative estimate of drug-likeness (QED) is 0.149. The number of nitrogens with zero attached hydrogens (tertiary/aromatic N) is 5. The van der Waals surface area contributed by atoms with Gasteiger partial charge in [0.25, 0.3) is 0 Å². The molecule has 10 nitrogen and oxygen atoms in total. The lowest BCUT2D eigenvalue weighted by Gasteiger charge is -2.19. The van der Waals surface area contributed by atoms with E-state index >= 15 is 0 Å². The molecule has 170 valence electrons. The first-order valence-electron chi connectivity index (χ1n) is 9.95. The van der Waals surface area contributed by atoms with Crippen molar-refractivity contribution in [1.29, 1.82) is 0 Å². The first kappa shape index (κ1) is 22.3. The number of fused-ring (bicyclic) bond motifs is 1. The highest BCUT2D eigenvalue weighted by atomic mass is 35.5. The Morgan fingerprint density at radius 2 is 2.09 bits per heavy atom. The van der Waals surface area contributed by atoms with Crippen molar-refractivity contribution in [2.75, 3.05) is 0 Å². The zero-order chi connectivity index (χ0) is 23.9. The summed E-state index contributed by atoms with van der Waals surface area (Å²) in [5.41, 5.74) is 8.41. The standard InChI is InChI=1S/C22H21ClN6O4/c1-10-7-13(12(3)32-16-5-6-17(23)26-18(16)22(24)28-31)21-14(8-10)19(30)11(2)20(33-21)15-9-25-29(4)27-15/h5-9,12,31H,1-4H3,(H2,24,28)/t12-/m1/s1. The van der Waals surface area contributed by atoms with Crippen molar-refractivity contribution in [1.82, 2.24) is 20.0 Å². The maximum atomic E-state index is 13.2. The van der Waals surface area contributed by atoms with E-state index in [9.17, 15) is 4.79 Å². The first-order valence-corrected chi connectivity index (χ1v) is 10.3. The molecule has 4 rings (SSSR count). The molecule has 0 saturated carbocycles. The van der Waals surface area contributed by atoms with Crippen molar-refractivity contribution in [3.8, 4) is 17.2 Å². The molecule has 1 aromatic carbocycles. The highest BCUT2D eigenvalue weighted by molar-refractivity contribution is 6.29. The fourth-order valence-corrected chi connectivity index (χ4v) is 3.71. The molecule has 33 heavy (non-hydrogen) atoms. The molecule has 0 radical (unpaired) electrons. The number of aromatic nitrogens is 4. The number of aryl methyl sites for hydroxylation is 2. The molecule has 3 aromatic heterocycles. The van der Waals surface area contributed by atoms with Crippen LogP contribution in [0.1, 0.15) is 35.4 Å². The largest absolute Gasteiger partial charge is 0.483 e. The lowest BCUT2D eigenvalue weighted by molar-refractivity contribution is 0.225. The summed E-state index contributed by atoms with van der Waals surface area (Å²) in [6.07, 6.45) is 0.939. The van der Waals surface area contributed by atoms with Crippen molar-refractivity contribution >= 4 is 28.4 Å². The van der Waals surface area contributed by atoms with Crippen LogP contribution in [-0.4, -0.2) is 31.0 Å². The monoisotopic (exact) mass is 468 g/mol. The Balaban J connectivity index is 1.88. The lowest BCUT2D eigenvalue weighted by Crippen LogP contribution is -2.18. The van der Waals surface area contributed by atoms with Crippen LogP contribution >= 0.6 is 11.6 Å². The number of hydrogen-bond donors (Lipinski definition) is 2. The molecule has 0 aliphatic carbocycles. The zero-order valence-electron chi connectivity index (χ0n) is 18.3. The number of ether oxygens (including phenoxy) is 1. The minimum Gasteiger partial charge on any atom is -0.483 e. The molecule has 1 atom stereocenters. The number of nitrogens with two attached hydrogens (primary N) is 1. The Bertz CT molecular complexity index is 1460. The van der Waals surface area contributed by atoms with Crippen LogP contribution in [0.25, 0.3) is 22.4 Å². The number of halogens is 1. The number of pyridine rings is 1. The minimum absolute atomic E-state index is 0.0892. The fraction of sp³-hybridized carbons (Fsp3) is 0.227. The second-order valence-electron chi connectivity index (χ2n) is 7.56. The van der Waals surface area contributed by atoms with E-state index in [0.717, 1.165) is 5.56 Å². The van der Waals surface area contributed by atoms with Crippen LogP contribution in [0.2, 0.25) is 5.15 Å². The minimum atomic E-state index is -0.596. The van der Waals surface area contributed by atoms with Crippen LogP contribution in [-0.2, 0) is 7.05 Å². The van der Waals surface area contributed by atoms with E-state index in [1.165, 1.54) is 17.1 Å². The van der Waals surface area contributed by atoms with Gasteiger partial charge >= 0.3 is 0 Å². The summed E-state index contributed by atoms with van der Waals surface area (Å²) in [5.74, 6) is 0.338. The lowest BCUT2D eigenvalue weighted by atomic mass is 10.0. The molecule has 3 N–H and O–H groups in total. The number of amidine groups is 1. The van der Waals surface area contributed by atoms with Crippen LogP contribution in [0.4, 0.5) is 0 Å². The number of rotatable bonds is 5. The Morgan fingerprint density at radius 3 is 2.76 bits per heavy atom. The Hall–Kier alpha value is -3.92. The molecule has 11 heteroatoms. The van der Waals surface area contributed by atoms with Gasteiger partial charge in [-0.05, 0) is 50.6 Å². The van der Waals surface area contributed by atoms with Crippen LogP contribution in [0, 0.1) is 13.8 Å². The van der Waals surface area contributed by atoms with Gasteiger partial charge in [0.1, 0.15) is 28.3 Å². The molecule has 0 aliphatic heterocycles. The van der Waals surface area contributed by atoms with Gasteiger partial charge in [0.2, 0.25) is 0 Å². The number of oxime groups is 1. The van der Waals surface area contributed by atoms with Gasteiger partial charge < -0.3 is 20.1 Å². The Labute approximate surface area is 193 Å². The molecule has 3 heterocycles. The van der Waals surface area contributed by atoms with Crippen molar-refractivity contribution in [3.05, 3.63) is 68.2 Å². The molecule has 0 bridgehead atoms. The number of hydrogen-bond acceptors (Lipinski definition) is 8. The van der Waals surface area contributed by atoms with E-state index in [1.807, 2.05) is 13.0 Å². The van der Waals surface area contributed by atoms with E-state index in [4.69, 9.17) is 31.7 Å². The van der Waals surface area contributed by atoms with Gasteiger partial charge in [0.05, 0.1) is 11.6 Å². The Kier molecular flexibility index (Phi) is 5.77. The summed E-state index contributed by atoms with van der Waals surface area (Å²) in [7, 11) is 1.68. The second kappa shape index (κ2) is 8.55. The van der Waals surface area contributed by atoms with E-state index in [0.29, 0.717) is 33.6 Å². The molecule has 0 amide bonds. The number of benzene rings is 1. The van der Waals surface area contributed by atoms with Gasteiger partial charge in [-0.2, -0.15) is 15.0 Å². The van der Waals surface area contributed by atoms with Gasteiger partial charge in [-0.15, -0.1) is 0 Å². The van der Waals surface area contributed by atoms with E-state index in [-0.39, 0.29) is 27.9 Å². The SMILES string of the molecule is Cc1cc([C@@H](C)Oc2ccc(Cl)nc2C(N)=NO)c2oc(-c3cnn(C)n3)c(C)c(=O)c2c1. The van der Waals surface area contributed by atoms with Crippen LogP contribution in [0.15, 0.2) is 44.8 Å². The molecular formula is C22H21ClN6O4. The summed E-state index contributed by atoms with van der Waals surface area (Å²) in [6, 6.07) is 6.75. The third-order valence-corrected chi connectivity index (χ3v) is 5.35. The molecule has 0 aliphatic rings. The summed E-state index contributed by atoms with van der Waals surface area (Å²) >= 11 is 5.96. The van der Waals surface area contributed by atoms with Crippen molar-refractivity contribution in [2.45, 2.75) is 26.9 Å². The maximum Gasteiger partial charge on any atom is 0.196 e. The van der Waals surface area contributed by atoms with Gasteiger partial charge in [-0.25, -0.2) is 4.98 Å². The third kappa shape index (κ3) is 4.12. The predicted molar refractivity (Wildman–Crippen MR) is 123 cm³/mol. The average molecular weight is 469 g/mol. The maximum absolute atomic E-state index is 13.2. The predicted octanol–water partition coefficient (Wildman–Crippen LogP) is 3.49. The molecule has 4 aromatic rings. The van der Waals surface area contributed by atoms with E-state index < -0.39 is 6.10 Å². The zero-order valence-corrected chi connectivity index (χ0v) is 19.1. The normalized spacial score (nSPS) is 12.8. The smallest absolute Gasteiger partial charge is 0.196 e. The Morgan fingerprint density at radius 1 is 1.33 bits per heavy atom. The highest BCUT2D eigenvalue weighted by Crippen LogP contribution is 2.33.